The average molecular weight is 174 g/mol. The Balaban J connectivity index is 3.22. The summed E-state index contributed by atoms with van der Waals surface area (Å²) in [5, 5.41) is 0.400. The number of aldehydes is 1. The molecule has 3 nitrogen and oxygen atoms in total. The van der Waals surface area contributed by atoms with Gasteiger partial charge in [0, 0.05) is 13.1 Å². The minimum Gasteiger partial charge on any atom is -0.482 e. The van der Waals surface area contributed by atoms with Gasteiger partial charge in [0.2, 0.25) is 0 Å². The Hall–Kier alpha value is -0.960. The molecule has 1 aromatic rings. The second-order valence-corrected chi connectivity index (χ2v) is 2.47. The second-order valence-electron chi connectivity index (χ2n) is 2.11. The van der Waals surface area contributed by atoms with E-state index in [4.69, 9.17) is 16.3 Å². The first kappa shape index (κ1) is 8.14. The van der Waals surface area contributed by atoms with Crippen LogP contribution in [0.2, 0.25) is 5.15 Å². The van der Waals surface area contributed by atoms with E-state index in [0.717, 1.165) is 0 Å². The Morgan fingerprint density at radius 3 is 2.64 bits per heavy atom. The summed E-state index contributed by atoms with van der Waals surface area (Å²) in [5.41, 5.74) is 0.450. The molecule has 0 spiro atoms. The second kappa shape index (κ2) is 2.96. The van der Waals surface area contributed by atoms with E-state index in [1.54, 1.807) is 17.7 Å². The zero-order valence-corrected chi connectivity index (χ0v) is 7.05. The van der Waals surface area contributed by atoms with Crippen LogP contribution < -0.4 is 4.74 Å². The summed E-state index contributed by atoms with van der Waals surface area (Å²) in [5.74, 6) is 0.581. The fraction of sp³-hybridized carbons (Fsp3) is 0.286. The van der Waals surface area contributed by atoms with E-state index in [-0.39, 0.29) is 0 Å². The van der Waals surface area contributed by atoms with Gasteiger partial charge in [0.1, 0.15) is 5.15 Å². The molecule has 0 aliphatic rings. The Morgan fingerprint density at radius 2 is 2.36 bits per heavy atom. The number of nitrogens with zero attached hydrogens (tertiary/aromatic N) is 1. The van der Waals surface area contributed by atoms with Crippen LogP contribution in [0.3, 0.4) is 0 Å². The van der Waals surface area contributed by atoms with Crippen molar-refractivity contribution in [2.24, 2.45) is 7.05 Å². The normalized spacial score (nSPS) is 9.73. The molecule has 0 amide bonds. The van der Waals surface area contributed by atoms with E-state index in [1.807, 2.05) is 0 Å². The highest BCUT2D eigenvalue weighted by molar-refractivity contribution is 6.32. The van der Waals surface area contributed by atoms with Crippen molar-refractivity contribution in [3.8, 4) is 5.88 Å². The fourth-order valence-corrected chi connectivity index (χ4v) is 1.04. The number of methoxy groups -OCH3 is 1. The molecule has 0 aliphatic heterocycles. The molecule has 60 valence electrons. The van der Waals surface area contributed by atoms with Gasteiger partial charge in [-0.3, -0.25) is 4.79 Å². The third-order valence-corrected chi connectivity index (χ3v) is 1.95. The maximum Gasteiger partial charge on any atom is 0.194 e. The predicted molar refractivity (Wildman–Crippen MR) is 42.4 cm³/mol. The van der Waals surface area contributed by atoms with Crippen molar-refractivity contribution in [1.82, 2.24) is 4.57 Å². The number of rotatable bonds is 2. The number of aromatic nitrogens is 1. The number of carbonyl (C=O) groups excluding carboxylic acids is 1. The van der Waals surface area contributed by atoms with Gasteiger partial charge in [-0.05, 0) is 0 Å². The smallest absolute Gasteiger partial charge is 0.194 e. The number of carbonyl (C=O) groups is 1. The van der Waals surface area contributed by atoms with Crippen molar-refractivity contribution < 1.29 is 9.53 Å². The van der Waals surface area contributed by atoms with E-state index < -0.39 is 0 Å². The number of hydrogen-bond donors (Lipinski definition) is 0. The van der Waals surface area contributed by atoms with E-state index in [9.17, 15) is 4.79 Å². The minimum absolute atomic E-state index is 0.400. The van der Waals surface area contributed by atoms with Gasteiger partial charge in [-0.15, -0.1) is 0 Å². The molecule has 11 heavy (non-hydrogen) atoms. The lowest BCUT2D eigenvalue weighted by Gasteiger charge is -1.99. The number of halogens is 1. The number of hydrogen-bond acceptors (Lipinski definition) is 2. The molecule has 0 saturated carbocycles. The summed E-state index contributed by atoms with van der Waals surface area (Å²) < 4.78 is 6.53. The van der Waals surface area contributed by atoms with Crippen molar-refractivity contribution in [2.45, 2.75) is 0 Å². The lowest BCUT2D eigenvalue weighted by molar-refractivity contribution is 0.112. The molecule has 1 rings (SSSR count). The quantitative estimate of drug-likeness (QED) is 0.635. The van der Waals surface area contributed by atoms with E-state index in [0.29, 0.717) is 22.9 Å². The van der Waals surface area contributed by atoms with Crippen LogP contribution in [0, 0.1) is 0 Å². The number of ether oxygens (including phenoxy) is 1. The molecule has 0 aliphatic carbocycles. The summed E-state index contributed by atoms with van der Waals surface area (Å²) in [4.78, 5) is 10.4. The highest BCUT2D eigenvalue weighted by Crippen LogP contribution is 2.23. The van der Waals surface area contributed by atoms with Crippen LogP contribution in [0.1, 0.15) is 10.4 Å². The van der Waals surface area contributed by atoms with Crippen LogP contribution in [0.25, 0.3) is 0 Å². The molecule has 0 saturated heterocycles. The summed E-state index contributed by atoms with van der Waals surface area (Å²) in [6.07, 6.45) is 0.699. The van der Waals surface area contributed by atoms with Gasteiger partial charge >= 0.3 is 0 Å². The van der Waals surface area contributed by atoms with Crippen LogP contribution >= 0.6 is 11.6 Å². The zero-order valence-electron chi connectivity index (χ0n) is 6.30. The Morgan fingerprint density at radius 1 is 1.73 bits per heavy atom. The van der Waals surface area contributed by atoms with E-state index in [1.165, 1.54) is 7.11 Å². The first-order valence-corrected chi connectivity index (χ1v) is 3.43. The molecule has 0 bridgehead atoms. The molecule has 0 atom stereocenters. The molecule has 0 fully saturated rings. The topological polar surface area (TPSA) is 31.2 Å². The van der Waals surface area contributed by atoms with Gasteiger partial charge in [0.15, 0.2) is 12.2 Å². The van der Waals surface area contributed by atoms with Crippen molar-refractivity contribution in [3.05, 3.63) is 16.8 Å². The molecule has 0 unspecified atom stereocenters. The highest BCUT2D eigenvalue weighted by Gasteiger charge is 2.08. The van der Waals surface area contributed by atoms with Gasteiger partial charge in [-0.2, -0.15) is 0 Å². The van der Waals surface area contributed by atoms with Crippen LogP contribution in [0.5, 0.6) is 5.88 Å². The standard InChI is InChI=1S/C7H8ClNO2/c1-9-6(11-2)3-5(4-10)7(9)8/h3-4H,1-2H3. The van der Waals surface area contributed by atoms with Gasteiger partial charge in [0.05, 0.1) is 12.7 Å². The van der Waals surface area contributed by atoms with Crippen molar-refractivity contribution in [1.29, 1.82) is 0 Å². The van der Waals surface area contributed by atoms with E-state index >= 15 is 0 Å². The molecule has 1 heterocycles. The monoisotopic (exact) mass is 173 g/mol. The van der Waals surface area contributed by atoms with Crippen LogP contribution in [-0.4, -0.2) is 18.0 Å². The SMILES string of the molecule is COc1cc(C=O)c(Cl)n1C. The van der Waals surface area contributed by atoms with Crippen LogP contribution in [-0.2, 0) is 7.05 Å². The maximum atomic E-state index is 10.4. The molecule has 0 aromatic carbocycles. The van der Waals surface area contributed by atoms with E-state index in [2.05, 4.69) is 0 Å². The minimum atomic E-state index is 0.400. The van der Waals surface area contributed by atoms with Gasteiger partial charge < -0.3 is 9.30 Å². The molecule has 0 N–H and O–H groups in total. The largest absolute Gasteiger partial charge is 0.482 e. The molecular weight excluding hydrogens is 166 g/mol. The van der Waals surface area contributed by atoms with Crippen molar-refractivity contribution in [2.75, 3.05) is 7.11 Å². The zero-order chi connectivity index (χ0) is 8.43. The summed E-state index contributed by atoms with van der Waals surface area (Å²) in [6, 6.07) is 1.59. The highest BCUT2D eigenvalue weighted by atomic mass is 35.5. The van der Waals surface area contributed by atoms with Crippen LogP contribution in [0.4, 0.5) is 0 Å². The molecular formula is C7H8ClNO2. The van der Waals surface area contributed by atoms with Crippen molar-refractivity contribution in [3.63, 3.8) is 0 Å². The Kier molecular flexibility index (Phi) is 2.19. The van der Waals surface area contributed by atoms with Gasteiger partial charge in [-0.1, -0.05) is 11.6 Å². The first-order valence-electron chi connectivity index (χ1n) is 3.05. The fourth-order valence-electron chi connectivity index (χ4n) is 0.858. The predicted octanol–water partition coefficient (Wildman–Crippen LogP) is 1.50. The van der Waals surface area contributed by atoms with Gasteiger partial charge in [-0.25, -0.2) is 0 Å². The average Bonchev–Trinajstić information content (AvgIpc) is 2.30. The van der Waals surface area contributed by atoms with Crippen molar-refractivity contribution >= 4 is 17.9 Å². The first-order chi connectivity index (χ1) is 5.20. The maximum absolute atomic E-state index is 10.4. The van der Waals surface area contributed by atoms with Gasteiger partial charge in [0.25, 0.3) is 0 Å². The lowest BCUT2D eigenvalue weighted by Crippen LogP contribution is -1.92. The summed E-state index contributed by atoms with van der Waals surface area (Å²) in [7, 11) is 3.26. The summed E-state index contributed by atoms with van der Waals surface area (Å²) in [6.45, 7) is 0. The lowest BCUT2D eigenvalue weighted by atomic mass is 10.4. The van der Waals surface area contributed by atoms with Crippen LogP contribution in [0.15, 0.2) is 6.07 Å². The Labute approximate surface area is 69.5 Å². The molecule has 0 radical (unpaired) electrons. The molecule has 4 heteroatoms. The summed E-state index contributed by atoms with van der Waals surface area (Å²) >= 11 is 5.74. The third-order valence-electron chi connectivity index (χ3n) is 1.48. The molecule has 1 aromatic heterocycles. The Bertz CT molecular complexity index is 280. The third kappa shape index (κ3) is 1.24.